The zero-order chi connectivity index (χ0) is 23.8. The van der Waals surface area contributed by atoms with Gasteiger partial charge >= 0.3 is 5.97 Å². The summed E-state index contributed by atoms with van der Waals surface area (Å²) in [5.41, 5.74) is 0.508. The lowest BCUT2D eigenvalue weighted by Gasteiger charge is -2.49. The van der Waals surface area contributed by atoms with E-state index in [-0.39, 0.29) is 18.2 Å². The van der Waals surface area contributed by atoms with Crippen molar-refractivity contribution in [3.63, 3.8) is 0 Å². The van der Waals surface area contributed by atoms with E-state index in [0.29, 0.717) is 11.3 Å². The molecular formula is C23H36ClN3O5S. The van der Waals surface area contributed by atoms with Gasteiger partial charge in [-0.15, -0.1) is 23.4 Å². The molecule has 4 rings (SSSR count). The van der Waals surface area contributed by atoms with Gasteiger partial charge in [0.25, 0.3) is 5.91 Å². The molecule has 0 aromatic heterocycles. The number of carboxylic acids is 1. The van der Waals surface area contributed by atoms with Crippen molar-refractivity contribution in [3.8, 4) is 0 Å². The first-order valence-electron chi connectivity index (χ1n) is 12.0. The summed E-state index contributed by atoms with van der Waals surface area (Å²) in [6, 6.07) is 1.03. The predicted octanol–water partition coefficient (Wildman–Crippen LogP) is 2.85. The normalized spacial score (nSPS) is 26.1. The third-order valence-corrected chi connectivity index (χ3v) is 8.27. The lowest BCUT2D eigenvalue weighted by molar-refractivity contribution is -0.150. The average Bonchev–Trinajstić information content (AvgIpc) is 2.83. The molecule has 0 aromatic carbocycles. The molecule has 0 radical (unpaired) electrons. The number of halogens is 1. The van der Waals surface area contributed by atoms with E-state index in [0.717, 1.165) is 12.1 Å². The second-order valence-electron chi connectivity index (χ2n) is 9.12. The van der Waals surface area contributed by atoms with Crippen molar-refractivity contribution in [2.75, 3.05) is 25.3 Å². The van der Waals surface area contributed by atoms with Gasteiger partial charge < -0.3 is 20.5 Å². The lowest BCUT2D eigenvalue weighted by Crippen LogP contribution is -2.70. The summed E-state index contributed by atoms with van der Waals surface area (Å²) in [5, 5.41) is 15.2. The fraction of sp³-hybridized carbons (Fsp3) is 0.783. The number of hydrogen-bond donors (Lipinski definition) is 3. The Balaban J connectivity index is 0.000000203. The number of carbonyl (C=O) groups is 3. The molecule has 0 spiro atoms. The van der Waals surface area contributed by atoms with Crippen LogP contribution in [0.5, 0.6) is 0 Å². The number of hydrogen-bond acceptors (Lipinski definition) is 6. The van der Waals surface area contributed by atoms with Gasteiger partial charge in [0.05, 0.1) is 6.61 Å². The standard InChI is InChI=1S/C12H23N.C11H13ClN2O5S/c1-3-7-11(8-4-1)13-12-9-5-2-6-10-12;1-19-3-5-4-20-10-7(13-6(15)2-12)9(16)14(10)8(5)11(17)18/h11-13H,1-10H2;7,10H,2-4H2,1H3,(H,13,15)(H,17,18)/t;7?,10-/m.0/s1. The van der Waals surface area contributed by atoms with Crippen LogP contribution in [0.15, 0.2) is 11.3 Å². The van der Waals surface area contributed by atoms with Crippen LogP contribution in [0.4, 0.5) is 0 Å². The number of carbonyl (C=O) groups excluding carboxylic acids is 2. The summed E-state index contributed by atoms with van der Waals surface area (Å²) in [7, 11) is 1.46. The highest BCUT2D eigenvalue weighted by Crippen LogP contribution is 2.40. The topological polar surface area (TPSA) is 108 Å². The number of rotatable bonds is 7. The number of thioether (sulfide) groups is 1. The van der Waals surface area contributed by atoms with Crippen LogP contribution in [0.1, 0.15) is 64.2 Å². The van der Waals surface area contributed by atoms with Crippen molar-refractivity contribution in [2.24, 2.45) is 0 Å². The Kier molecular flexibility index (Phi) is 10.3. The zero-order valence-corrected chi connectivity index (χ0v) is 20.9. The molecule has 0 aromatic rings. The van der Waals surface area contributed by atoms with Crippen LogP contribution >= 0.6 is 23.4 Å². The van der Waals surface area contributed by atoms with Crippen LogP contribution in [0.2, 0.25) is 0 Å². The van der Waals surface area contributed by atoms with Gasteiger partial charge in [-0.3, -0.25) is 14.5 Å². The van der Waals surface area contributed by atoms with Crippen molar-refractivity contribution in [2.45, 2.75) is 87.7 Å². The summed E-state index contributed by atoms with van der Waals surface area (Å²) >= 11 is 6.77. The fourth-order valence-electron chi connectivity index (χ4n) is 5.05. The number of ether oxygens (including phenoxy) is 1. The lowest BCUT2D eigenvalue weighted by atomic mass is 9.91. The van der Waals surface area contributed by atoms with Crippen LogP contribution in [0.25, 0.3) is 0 Å². The Bertz CT molecular complexity index is 722. The minimum Gasteiger partial charge on any atom is -0.477 e. The summed E-state index contributed by atoms with van der Waals surface area (Å²) in [6.07, 6.45) is 14.6. The molecule has 3 fully saturated rings. The minimum absolute atomic E-state index is 0.0445. The van der Waals surface area contributed by atoms with Gasteiger partial charge in [-0.1, -0.05) is 38.5 Å². The number of nitrogens with one attached hydrogen (secondary N) is 2. The average molecular weight is 502 g/mol. The summed E-state index contributed by atoms with van der Waals surface area (Å²) in [5.74, 6) is -1.85. The Hall–Kier alpha value is -1.29. The van der Waals surface area contributed by atoms with Crippen molar-refractivity contribution in [1.82, 2.24) is 15.5 Å². The van der Waals surface area contributed by atoms with E-state index in [1.54, 1.807) is 0 Å². The van der Waals surface area contributed by atoms with Crippen LogP contribution in [0.3, 0.4) is 0 Å². The van der Waals surface area contributed by atoms with Gasteiger partial charge in [0.2, 0.25) is 5.91 Å². The molecule has 1 unspecified atom stereocenters. The number of nitrogens with zero attached hydrogens (tertiary/aromatic N) is 1. The summed E-state index contributed by atoms with van der Waals surface area (Å²) < 4.78 is 4.95. The fourth-order valence-corrected chi connectivity index (χ4v) is 6.46. The van der Waals surface area contributed by atoms with E-state index in [2.05, 4.69) is 10.6 Å². The smallest absolute Gasteiger partial charge is 0.352 e. The maximum Gasteiger partial charge on any atom is 0.352 e. The van der Waals surface area contributed by atoms with Crippen LogP contribution < -0.4 is 10.6 Å². The number of methoxy groups -OCH3 is 1. The molecule has 33 heavy (non-hydrogen) atoms. The quantitative estimate of drug-likeness (QED) is 0.363. The van der Waals surface area contributed by atoms with Crippen LogP contribution in [0, 0.1) is 0 Å². The minimum atomic E-state index is -1.17. The third-order valence-electron chi connectivity index (χ3n) is 6.69. The first-order chi connectivity index (χ1) is 16.0. The number of carboxylic acid groups (broad SMARTS) is 1. The van der Waals surface area contributed by atoms with Gasteiger partial charge in [-0.05, 0) is 31.3 Å². The van der Waals surface area contributed by atoms with Crippen molar-refractivity contribution >= 4 is 41.1 Å². The highest BCUT2D eigenvalue weighted by atomic mass is 35.5. The highest BCUT2D eigenvalue weighted by molar-refractivity contribution is 8.00. The maximum atomic E-state index is 12.0. The Morgan fingerprint density at radius 2 is 1.67 bits per heavy atom. The molecule has 2 atom stereocenters. The van der Waals surface area contributed by atoms with Crippen molar-refractivity contribution < 1.29 is 24.2 Å². The largest absolute Gasteiger partial charge is 0.477 e. The molecule has 1 saturated heterocycles. The second-order valence-corrected chi connectivity index (χ2v) is 10.5. The molecular weight excluding hydrogens is 466 g/mol. The van der Waals surface area contributed by atoms with E-state index in [1.165, 1.54) is 88.0 Å². The molecule has 4 aliphatic rings. The molecule has 2 aliphatic heterocycles. The number of amides is 2. The maximum absolute atomic E-state index is 12.0. The van der Waals surface area contributed by atoms with E-state index in [9.17, 15) is 19.5 Å². The molecule has 2 heterocycles. The van der Waals surface area contributed by atoms with E-state index in [1.807, 2.05) is 0 Å². The molecule has 0 bridgehead atoms. The van der Waals surface area contributed by atoms with Gasteiger partial charge in [0, 0.05) is 24.9 Å². The number of β-lactam (4-membered cyclic amide) rings is 1. The summed E-state index contributed by atoms with van der Waals surface area (Å²) in [6.45, 7) is 0.157. The summed E-state index contributed by atoms with van der Waals surface area (Å²) in [4.78, 5) is 35.8. The molecule has 3 N–H and O–H groups in total. The molecule has 8 nitrogen and oxygen atoms in total. The Morgan fingerprint density at radius 3 is 2.15 bits per heavy atom. The first-order valence-corrected chi connectivity index (χ1v) is 13.5. The van der Waals surface area contributed by atoms with Crippen LogP contribution in [-0.4, -0.2) is 76.6 Å². The van der Waals surface area contributed by atoms with Gasteiger partial charge in [-0.25, -0.2) is 4.79 Å². The number of alkyl halides is 1. The SMILES string of the molecule is C1CCC(NC2CCCCC2)CC1.COCC1=C(C(=O)O)N2C(=O)C(NC(=O)CCl)[C@@H]2SC1. The second kappa shape index (κ2) is 13.0. The van der Waals surface area contributed by atoms with Gasteiger partial charge in [-0.2, -0.15) is 0 Å². The highest BCUT2D eigenvalue weighted by Gasteiger charge is 2.54. The monoisotopic (exact) mass is 501 g/mol. The van der Waals surface area contributed by atoms with E-state index >= 15 is 0 Å². The predicted molar refractivity (Wildman–Crippen MR) is 129 cm³/mol. The van der Waals surface area contributed by atoms with Crippen molar-refractivity contribution in [3.05, 3.63) is 11.3 Å². The molecule has 186 valence electrons. The van der Waals surface area contributed by atoms with Crippen molar-refractivity contribution in [1.29, 1.82) is 0 Å². The number of aliphatic carboxylic acids is 1. The zero-order valence-electron chi connectivity index (χ0n) is 19.3. The molecule has 2 amide bonds. The Labute approximate surface area is 205 Å². The third kappa shape index (κ3) is 6.87. The molecule has 10 heteroatoms. The Morgan fingerprint density at radius 1 is 1.09 bits per heavy atom. The first kappa shape index (κ1) is 26.3. The van der Waals surface area contributed by atoms with Gasteiger partial charge in [0.15, 0.2) is 0 Å². The molecule has 2 saturated carbocycles. The molecule has 2 aliphatic carbocycles. The number of fused-ring (bicyclic) bond motifs is 1. The van der Waals surface area contributed by atoms with E-state index < -0.39 is 29.2 Å². The van der Waals surface area contributed by atoms with Crippen LogP contribution in [-0.2, 0) is 19.1 Å². The van der Waals surface area contributed by atoms with E-state index in [4.69, 9.17) is 16.3 Å². The van der Waals surface area contributed by atoms with Gasteiger partial charge in [0.1, 0.15) is 23.0 Å².